The van der Waals surface area contributed by atoms with Crippen molar-refractivity contribution in [1.82, 2.24) is 9.80 Å². The third-order valence-corrected chi connectivity index (χ3v) is 4.77. The summed E-state index contributed by atoms with van der Waals surface area (Å²) < 4.78 is 0. The van der Waals surface area contributed by atoms with Crippen molar-refractivity contribution in [2.75, 3.05) is 50.7 Å². The molecular weight excluding hydrogens is 336 g/mol. The molecule has 1 aliphatic rings. The predicted molar refractivity (Wildman–Crippen MR) is 99.7 cm³/mol. The Hall–Kier alpha value is -2.48. The van der Waals surface area contributed by atoms with Crippen LogP contribution in [0.5, 0.6) is 0 Å². The highest BCUT2D eigenvalue weighted by Crippen LogP contribution is 2.30. The number of carbonyl (C=O) groups excluding carboxylic acids is 2. The Morgan fingerprint density at radius 1 is 1.15 bits per heavy atom. The zero-order chi connectivity index (χ0) is 19.3. The fraction of sp³-hybridized carbons (Fsp3) is 0.556. The van der Waals surface area contributed by atoms with Gasteiger partial charge in [0.05, 0.1) is 11.5 Å². The van der Waals surface area contributed by atoms with Crippen LogP contribution in [-0.4, -0.2) is 72.2 Å². The van der Waals surface area contributed by atoms with Crippen molar-refractivity contribution in [3.63, 3.8) is 0 Å². The summed E-state index contributed by atoms with van der Waals surface area (Å²) in [5, 5.41) is 11.4. The largest absolute Gasteiger partial charge is 0.363 e. The van der Waals surface area contributed by atoms with Gasteiger partial charge in [-0.15, -0.1) is 0 Å². The number of nitrogens with zero attached hydrogens (tertiary/aromatic N) is 4. The van der Waals surface area contributed by atoms with Crippen LogP contribution in [0.2, 0.25) is 0 Å². The van der Waals surface area contributed by atoms with Gasteiger partial charge in [-0.25, -0.2) is 0 Å². The van der Waals surface area contributed by atoms with Gasteiger partial charge < -0.3 is 9.80 Å². The van der Waals surface area contributed by atoms with E-state index in [-0.39, 0.29) is 17.4 Å². The van der Waals surface area contributed by atoms with E-state index in [0.717, 1.165) is 0 Å². The van der Waals surface area contributed by atoms with E-state index in [1.807, 2.05) is 18.7 Å². The maximum absolute atomic E-state index is 12.2. The SMILES string of the molecule is CCN(CC)C(=O)CN1CCN(c2ccc(C(C)=O)cc2[N+](=O)[O-])CC1. The molecule has 2 rings (SSSR count). The number of nitro benzene ring substituents is 1. The number of piperazine rings is 1. The van der Waals surface area contributed by atoms with Crippen molar-refractivity contribution in [2.24, 2.45) is 0 Å². The minimum absolute atomic E-state index is 0.0506. The van der Waals surface area contributed by atoms with Crippen molar-refractivity contribution in [2.45, 2.75) is 20.8 Å². The molecule has 0 spiro atoms. The molecule has 0 aromatic heterocycles. The number of anilines is 1. The zero-order valence-corrected chi connectivity index (χ0v) is 15.6. The zero-order valence-electron chi connectivity index (χ0n) is 15.6. The van der Waals surface area contributed by atoms with E-state index in [2.05, 4.69) is 4.90 Å². The Bertz CT molecular complexity index is 680. The van der Waals surface area contributed by atoms with Crippen LogP contribution in [-0.2, 0) is 4.79 Å². The molecule has 1 amide bonds. The van der Waals surface area contributed by atoms with Crippen molar-refractivity contribution in [3.05, 3.63) is 33.9 Å². The van der Waals surface area contributed by atoms with Gasteiger partial charge in [-0.1, -0.05) is 0 Å². The van der Waals surface area contributed by atoms with Crippen LogP contribution < -0.4 is 4.90 Å². The Morgan fingerprint density at radius 2 is 1.77 bits per heavy atom. The predicted octanol–water partition coefficient (Wildman–Crippen LogP) is 1.79. The average Bonchev–Trinajstić information content (AvgIpc) is 2.62. The Balaban J connectivity index is 2.05. The molecule has 8 nitrogen and oxygen atoms in total. The first-order valence-corrected chi connectivity index (χ1v) is 8.91. The molecular formula is C18H26N4O4. The molecule has 1 aromatic carbocycles. The third kappa shape index (κ3) is 4.57. The van der Waals surface area contributed by atoms with Crippen LogP contribution >= 0.6 is 0 Å². The van der Waals surface area contributed by atoms with Crippen LogP contribution in [0.4, 0.5) is 11.4 Å². The molecule has 0 bridgehead atoms. The van der Waals surface area contributed by atoms with E-state index < -0.39 is 4.92 Å². The summed E-state index contributed by atoms with van der Waals surface area (Å²) in [7, 11) is 0. The summed E-state index contributed by atoms with van der Waals surface area (Å²) in [6.45, 7) is 9.63. The first-order valence-electron chi connectivity index (χ1n) is 8.91. The fourth-order valence-electron chi connectivity index (χ4n) is 3.17. The molecule has 1 fully saturated rings. The van der Waals surface area contributed by atoms with Gasteiger partial charge >= 0.3 is 0 Å². The molecule has 0 saturated carbocycles. The van der Waals surface area contributed by atoms with E-state index in [1.165, 1.54) is 13.0 Å². The van der Waals surface area contributed by atoms with Crippen molar-refractivity contribution >= 4 is 23.1 Å². The van der Waals surface area contributed by atoms with Gasteiger partial charge in [-0.2, -0.15) is 0 Å². The van der Waals surface area contributed by atoms with Gasteiger partial charge in [0, 0.05) is 50.9 Å². The normalized spacial score (nSPS) is 15.0. The van der Waals surface area contributed by atoms with E-state index in [0.29, 0.717) is 57.1 Å². The molecule has 0 atom stereocenters. The Morgan fingerprint density at radius 3 is 2.27 bits per heavy atom. The number of Topliss-reactive ketones (excluding diaryl/α,β-unsaturated/α-hetero) is 1. The number of amides is 1. The lowest BCUT2D eigenvalue weighted by Crippen LogP contribution is -2.50. The second-order valence-electron chi connectivity index (χ2n) is 6.35. The molecule has 0 unspecified atom stereocenters. The second-order valence-corrected chi connectivity index (χ2v) is 6.35. The molecule has 1 heterocycles. The van der Waals surface area contributed by atoms with Crippen LogP contribution in [0, 0.1) is 10.1 Å². The number of ketones is 1. The highest BCUT2D eigenvalue weighted by atomic mass is 16.6. The maximum Gasteiger partial charge on any atom is 0.293 e. The highest BCUT2D eigenvalue weighted by molar-refractivity contribution is 5.95. The van der Waals surface area contributed by atoms with Gasteiger partial charge in [0.2, 0.25) is 5.91 Å². The molecule has 8 heteroatoms. The van der Waals surface area contributed by atoms with E-state index in [4.69, 9.17) is 0 Å². The van der Waals surface area contributed by atoms with Gasteiger partial charge in [-0.3, -0.25) is 24.6 Å². The lowest BCUT2D eigenvalue weighted by atomic mass is 10.1. The van der Waals surface area contributed by atoms with Crippen LogP contribution in [0.3, 0.4) is 0 Å². The summed E-state index contributed by atoms with van der Waals surface area (Å²) in [5.41, 5.74) is 0.809. The summed E-state index contributed by atoms with van der Waals surface area (Å²) in [4.78, 5) is 40.5. The summed E-state index contributed by atoms with van der Waals surface area (Å²) in [5.74, 6) is -0.0837. The monoisotopic (exact) mass is 362 g/mol. The lowest BCUT2D eigenvalue weighted by Gasteiger charge is -2.36. The first-order chi connectivity index (χ1) is 12.4. The Labute approximate surface area is 153 Å². The molecule has 1 saturated heterocycles. The number of likely N-dealkylation sites (N-methyl/N-ethyl adjacent to an activating group) is 1. The van der Waals surface area contributed by atoms with Crippen molar-refractivity contribution < 1.29 is 14.5 Å². The van der Waals surface area contributed by atoms with Gasteiger partial charge in [0.25, 0.3) is 5.69 Å². The van der Waals surface area contributed by atoms with Crippen molar-refractivity contribution in [3.8, 4) is 0 Å². The third-order valence-electron chi connectivity index (χ3n) is 4.77. The number of rotatable bonds is 7. The van der Waals surface area contributed by atoms with Gasteiger partial charge in [0.15, 0.2) is 5.78 Å². The summed E-state index contributed by atoms with van der Waals surface area (Å²) in [6, 6.07) is 4.61. The highest BCUT2D eigenvalue weighted by Gasteiger charge is 2.26. The molecule has 1 aliphatic heterocycles. The topological polar surface area (TPSA) is 87.0 Å². The lowest BCUT2D eigenvalue weighted by molar-refractivity contribution is -0.384. The van der Waals surface area contributed by atoms with Crippen molar-refractivity contribution in [1.29, 1.82) is 0 Å². The van der Waals surface area contributed by atoms with E-state index >= 15 is 0 Å². The van der Waals surface area contributed by atoms with E-state index in [1.54, 1.807) is 17.0 Å². The molecule has 0 aliphatic carbocycles. The summed E-state index contributed by atoms with van der Waals surface area (Å²) >= 11 is 0. The minimum atomic E-state index is -0.446. The number of carbonyl (C=O) groups is 2. The summed E-state index contributed by atoms with van der Waals surface area (Å²) in [6.07, 6.45) is 0. The molecule has 142 valence electrons. The average molecular weight is 362 g/mol. The molecule has 1 aromatic rings. The standard InChI is InChI=1S/C18H26N4O4/c1-4-20(5-2)18(24)13-19-8-10-21(11-9-19)16-7-6-15(14(3)23)12-17(16)22(25)26/h6-7,12H,4-5,8-11,13H2,1-3H3. The fourth-order valence-corrected chi connectivity index (χ4v) is 3.17. The first kappa shape index (κ1) is 19.8. The molecule has 26 heavy (non-hydrogen) atoms. The number of hydrogen-bond donors (Lipinski definition) is 0. The quantitative estimate of drug-likeness (QED) is 0.417. The number of hydrogen-bond acceptors (Lipinski definition) is 6. The molecule has 0 N–H and O–H groups in total. The van der Waals surface area contributed by atoms with E-state index in [9.17, 15) is 19.7 Å². The Kier molecular flexibility index (Phi) is 6.68. The number of benzene rings is 1. The maximum atomic E-state index is 12.2. The van der Waals surface area contributed by atoms with Gasteiger partial charge in [-0.05, 0) is 32.9 Å². The smallest absolute Gasteiger partial charge is 0.293 e. The van der Waals surface area contributed by atoms with Crippen LogP contribution in [0.1, 0.15) is 31.1 Å². The molecule has 0 radical (unpaired) electrons. The minimum Gasteiger partial charge on any atom is -0.363 e. The second kappa shape index (κ2) is 8.75. The number of nitro groups is 1. The van der Waals surface area contributed by atoms with Crippen LogP contribution in [0.25, 0.3) is 0 Å². The van der Waals surface area contributed by atoms with Gasteiger partial charge in [0.1, 0.15) is 5.69 Å². The van der Waals surface area contributed by atoms with Crippen LogP contribution in [0.15, 0.2) is 18.2 Å².